The van der Waals surface area contributed by atoms with Gasteiger partial charge in [-0.15, -0.1) is 0 Å². The highest BCUT2D eigenvalue weighted by Gasteiger charge is 2.29. The Balaban J connectivity index is 0.000000847. The Labute approximate surface area is 129 Å². The number of carbonyl (C=O) groups is 1. The van der Waals surface area contributed by atoms with Crippen molar-refractivity contribution in [2.24, 2.45) is 0 Å². The molecule has 6 heteroatoms. The van der Waals surface area contributed by atoms with Crippen molar-refractivity contribution >= 4 is 17.1 Å². The van der Waals surface area contributed by atoms with Gasteiger partial charge >= 0.3 is 5.97 Å². The van der Waals surface area contributed by atoms with Crippen molar-refractivity contribution in [1.29, 1.82) is 0 Å². The predicted molar refractivity (Wildman–Crippen MR) is 81.9 cm³/mol. The second kappa shape index (κ2) is 7.35. The molecule has 22 heavy (non-hydrogen) atoms. The minimum absolute atomic E-state index is 0.0612. The van der Waals surface area contributed by atoms with Crippen molar-refractivity contribution in [2.45, 2.75) is 46.0 Å². The van der Waals surface area contributed by atoms with Crippen LogP contribution >= 0.6 is 0 Å². The highest BCUT2D eigenvalue weighted by atomic mass is 16.5. The summed E-state index contributed by atoms with van der Waals surface area (Å²) < 4.78 is 10.3. The van der Waals surface area contributed by atoms with Crippen LogP contribution in [0, 0.1) is 0 Å². The molecule has 120 valence electrons. The maximum absolute atomic E-state index is 12.1. The van der Waals surface area contributed by atoms with Crippen LogP contribution in [0.2, 0.25) is 0 Å². The number of hydrogen-bond donors (Lipinski definition) is 1. The number of fused-ring (bicyclic) bond motifs is 1. The van der Waals surface area contributed by atoms with Crippen molar-refractivity contribution in [2.75, 3.05) is 13.2 Å². The van der Waals surface area contributed by atoms with Gasteiger partial charge in [0.05, 0.1) is 23.3 Å². The van der Waals surface area contributed by atoms with E-state index in [2.05, 4.69) is 10.1 Å². The molecule has 0 amide bonds. The fraction of sp³-hybridized carbons (Fsp3) is 0.562. The number of aliphatic hydroxyl groups is 1. The van der Waals surface area contributed by atoms with E-state index in [9.17, 15) is 4.79 Å². The normalized spacial score (nSPS) is 13.6. The largest absolute Gasteiger partial charge is 0.462 e. The third kappa shape index (κ3) is 3.27. The number of ether oxygens (including phenoxy) is 1. The summed E-state index contributed by atoms with van der Waals surface area (Å²) in [7, 11) is 0. The quantitative estimate of drug-likeness (QED) is 0.855. The van der Waals surface area contributed by atoms with Gasteiger partial charge in [0.25, 0.3) is 5.71 Å². The first-order valence-corrected chi connectivity index (χ1v) is 7.81. The molecule has 6 nitrogen and oxygen atoms in total. The average molecular weight is 306 g/mol. The van der Waals surface area contributed by atoms with Gasteiger partial charge in [0.1, 0.15) is 0 Å². The van der Waals surface area contributed by atoms with Gasteiger partial charge in [-0.05, 0) is 25.8 Å². The van der Waals surface area contributed by atoms with Crippen LogP contribution in [0.1, 0.15) is 61.3 Å². The third-order valence-electron chi connectivity index (χ3n) is 3.38. The second-order valence-corrected chi connectivity index (χ2v) is 4.87. The molecule has 1 saturated carbocycles. The fourth-order valence-electron chi connectivity index (χ4n) is 2.26. The van der Waals surface area contributed by atoms with Gasteiger partial charge in [-0.3, -0.25) is 0 Å². The number of aromatic nitrogens is 2. The minimum Gasteiger partial charge on any atom is -0.462 e. The summed E-state index contributed by atoms with van der Waals surface area (Å²) in [6.45, 7) is 6.01. The summed E-state index contributed by atoms with van der Waals surface area (Å²) in [6.07, 6.45) is 2.49. The van der Waals surface area contributed by atoms with Crippen LogP contribution in [-0.4, -0.2) is 34.4 Å². The summed E-state index contributed by atoms with van der Waals surface area (Å²) in [5.74, 6) is 0.00292. The molecule has 0 aromatic carbocycles. The number of nitrogens with zero attached hydrogens (tertiary/aromatic N) is 2. The topological polar surface area (TPSA) is 85.5 Å². The van der Waals surface area contributed by atoms with Crippen molar-refractivity contribution < 1.29 is 19.2 Å². The zero-order chi connectivity index (χ0) is 16.1. The summed E-state index contributed by atoms with van der Waals surface area (Å²) in [6, 6.07) is 1.77. The zero-order valence-corrected chi connectivity index (χ0v) is 13.3. The lowest BCUT2D eigenvalue weighted by Crippen LogP contribution is -2.08. The standard InChI is InChI=1S/C14H16N2O4.C2H6/c1-2-19-14(18)9-7-11(8-3-4-8)15-13-12(9)10(5-6-17)16-20-13;1-2/h7-8,17H,2-6H2,1H3;1-2H3. The Morgan fingerprint density at radius 3 is 2.77 bits per heavy atom. The molecular formula is C16H22N2O4. The number of pyridine rings is 1. The van der Waals surface area contributed by atoms with Gasteiger partial charge in [0.2, 0.25) is 0 Å². The van der Waals surface area contributed by atoms with E-state index in [-0.39, 0.29) is 6.61 Å². The predicted octanol–water partition coefficient (Wildman–Crippen LogP) is 2.84. The van der Waals surface area contributed by atoms with E-state index in [0.717, 1.165) is 18.5 Å². The first-order valence-electron chi connectivity index (χ1n) is 7.81. The number of rotatable bonds is 5. The molecular weight excluding hydrogens is 284 g/mol. The third-order valence-corrected chi connectivity index (χ3v) is 3.38. The lowest BCUT2D eigenvalue weighted by atomic mass is 10.1. The Bertz CT molecular complexity index is 647. The van der Waals surface area contributed by atoms with Crippen LogP contribution in [-0.2, 0) is 11.2 Å². The van der Waals surface area contributed by atoms with Crippen LogP contribution in [0.3, 0.4) is 0 Å². The lowest BCUT2D eigenvalue weighted by Gasteiger charge is -2.06. The average Bonchev–Trinajstić information content (AvgIpc) is 3.32. The van der Waals surface area contributed by atoms with Crippen molar-refractivity contribution in [1.82, 2.24) is 10.1 Å². The molecule has 2 heterocycles. The van der Waals surface area contributed by atoms with E-state index in [4.69, 9.17) is 14.4 Å². The SMILES string of the molecule is CC.CCOC(=O)c1cc(C2CC2)nc2onc(CCO)c12. The summed E-state index contributed by atoms with van der Waals surface area (Å²) in [5.41, 5.74) is 2.18. The van der Waals surface area contributed by atoms with Crippen LogP contribution in [0.5, 0.6) is 0 Å². The molecule has 1 aliphatic carbocycles. The Kier molecular flexibility index (Phi) is 5.49. The fourth-order valence-corrected chi connectivity index (χ4v) is 2.26. The van der Waals surface area contributed by atoms with Gasteiger partial charge in [-0.1, -0.05) is 19.0 Å². The van der Waals surface area contributed by atoms with E-state index in [1.807, 2.05) is 13.8 Å². The van der Waals surface area contributed by atoms with E-state index in [1.54, 1.807) is 13.0 Å². The van der Waals surface area contributed by atoms with Gasteiger partial charge in [0, 0.05) is 24.6 Å². The zero-order valence-electron chi connectivity index (χ0n) is 13.3. The van der Waals surface area contributed by atoms with Crippen LogP contribution in [0.4, 0.5) is 0 Å². The number of esters is 1. The van der Waals surface area contributed by atoms with Gasteiger partial charge < -0.3 is 14.4 Å². The van der Waals surface area contributed by atoms with E-state index >= 15 is 0 Å². The maximum atomic E-state index is 12.1. The second-order valence-electron chi connectivity index (χ2n) is 4.87. The molecule has 3 rings (SSSR count). The molecule has 2 aromatic heterocycles. The van der Waals surface area contributed by atoms with Crippen molar-refractivity contribution in [3.63, 3.8) is 0 Å². The summed E-state index contributed by atoms with van der Waals surface area (Å²) in [5, 5.41) is 13.5. The van der Waals surface area contributed by atoms with Gasteiger partial charge in [-0.2, -0.15) is 0 Å². The van der Waals surface area contributed by atoms with Crippen LogP contribution in [0.25, 0.3) is 11.1 Å². The first kappa shape index (κ1) is 16.4. The Morgan fingerprint density at radius 1 is 1.45 bits per heavy atom. The first-order chi connectivity index (χ1) is 10.7. The molecule has 1 N–H and O–H groups in total. The molecule has 1 fully saturated rings. The molecule has 0 bridgehead atoms. The molecule has 0 unspecified atom stereocenters. The number of carbonyl (C=O) groups excluding carboxylic acids is 1. The van der Waals surface area contributed by atoms with Crippen molar-refractivity contribution in [3.8, 4) is 0 Å². The molecule has 0 spiro atoms. The van der Waals surface area contributed by atoms with E-state index < -0.39 is 5.97 Å². The Hall–Kier alpha value is -1.95. The van der Waals surface area contributed by atoms with Crippen molar-refractivity contribution in [3.05, 3.63) is 23.0 Å². The Morgan fingerprint density at radius 2 is 2.18 bits per heavy atom. The number of aliphatic hydroxyl groups excluding tert-OH is 1. The highest BCUT2D eigenvalue weighted by molar-refractivity contribution is 6.03. The highest BCUT2D eigenvalue weighted by Crippen LogP contribution is 2.40. The summed E-state index contributed by atoms with van der Waals surface area (Å²) in [4.78, 5) is 16.6. The summed E-state index contributed by atoms with van der Waals surface area (Å²) >= 11 is 0. The lowest BCUT2D eigenvalue weighted by molar-refractivity contribution is 0.0528. The van der Waals surface area contributed by atoms with Gasteiger partial charge in [-0.25, -0.2) is 9.78 Å². The van der Waals surface area contributed by atoms with E-state index in [0.29, 0.717) is 41.3 Å². The smallest absolute Gasteiger partial charge is 0.339 e. The molecule has 1 aliphatic rings. The molecule has 0 atom stereocenters. The molecule has 0 aliphatic heterocycles. The van der Waals surface area contributed by atoms with Crippen LogP contribution in [0.15, 0.2) is 10.6 Å². The molecule has 0 saturated heterocycles. The monoisotopic (exact) mass is 306 g/mol. The van der Waals surface area contributed by atoms with Crippen LogP contribution < -0.4 is 0 Å². The van der Waals surface area contributed by atoms with Gasteiger partial charge in [0.15, 0.2) is 0 Å². The minimum atomic E-state index is -0.399. The molecule has 0 radical (unpaired) electrons. The number of hydrogen-bond acceptors (Lipinski definition) is 6. The molecule has 2 aromatic rings. The van der Waals surface area contributed by atoms with E-state index in [1.165, 1.54) is 0 Å². The maximum Gasteiger partial charge on any atom is 0.339 e.